The molecule has 2 aliphatic rings. The fraction of sp³-hybridized carbons (Fsp3) is 0.379. The number of amides is 2. The molecule has 36 heavy (non-hydrogen) atoms. The number of hydrogen-bond acceptors (Lipinski definition) is 4. The van der Waals surface area contributed by atoms with Gasteiger partial charge in [0.05, 0.1) is 0 Å². The molecule has 5 rings (SSSR count). The molecule has 1 aliphatic heterocycles. The van der Waals surface area contributed by atoms with Crippen molar-refractivity contribution in [2.24, 2.45) is 0 Å². The second-order valence-corrected chi connectivity index (χ2v) is 10.5. The number of anilines is 2. The highest BCUT2D eigenvalue weighted by molar-refractivity contribution is 6.30. The minimum absolute atomic E-state index is 0.0986. The molecule has 188 valence electrons. The van der Waals surface area contributed by atoms with E-state index in [1.165, 1.54) is 22.4 Å². The molecule has 7 heteroatoms. The van der Waals surface area contributed by atoms with E-state index >= 15 is 0 Å². The maximum absolute atomic E-state index is 12.8. The lowest BCUT2D eigenvalue weighted by atomic mass is 9.84. The van der Waals surface area contributed by atoms with Crippen LogP contribution in [0.3, 0.4) is 0 Å². The molecular weight excluding hydrogens is 470 g/mol. The first-order valence-electron chi connectivity index (χ1n) is 12.7. The van der Waals surface area contributed by atoms with Crippen molar-refractivity contribution in [2.75, 3.05) is 43.4 Å². The third-order valence-corrected chi connectivity index (χ3v) is 7.75. The van der Waals surface area contributed by atoms with Crippen molar-refractivity contribution in [3.8, 4) is 11.1 Å². The third kappa shape index (κ3) is 5.35. The number of halogens is 1. The molecule has 2 heterocycles. The van der Waals surface area contributed by atoms with Gasteiger partial charge in [0, 0.05) is 54.7 Å². The van der Waals surface area contributed by atoms with Gasteiger partial charge in [0.1, 0.15) is 5.82 Å². The molecule has 1 aliphatic carbocycles. The molecule has 1 atom stereocenters. The molecule has 6 nitrogen and oxygen atoms in total. The number of benzene rings is 2. The number of hydrogen-bond donors (Lipinski definition) is 2. The van der Waals surface area contributed by atoms with E-state index in [1.54, 1.807) is 6.20 Å². The topological polar surface area (TPSA) is 60.5 Å². The highest BCUT2D eigenvalue weighted by atomic mass is 35.5. The average Bonchev–Trinajstić information content (AvgIpc) is 2.86. The number of likely N-dealkylation sites (N-methyl/N-ethyl adjacent to an activating group) is 1. The highest BCUT2D eigenvalue weighted by Crippen LogP contribution is 2.33. The van der Waals surface area contributed by atoms with Gasteiger partial charge < -0.3 is 15.1 Å². The predicted molar refractivity (Wildman–Crippen MR) is 148 cm³/mol. The van der Waals surface area contributed by atoms with Crippen LogP contribution in [0.2, 0.25) is 5.02 Å². The van der Waals surface area contributed by atoms with E-state index in [1.807, 2.05) is 37.3 Å². The molecule has 0 saturated carbocycles. The van der Waals surface area contributed by atoms with Gasteiger partial charge in [-0.3, -0.25) is 5.32 Å². The summed E-state index contributed by atoms with van der Waals surface area (Å²) in [6.45, 7) is 8.48. The smallest absolute Gasteiger partial charge is 0.320 e. The first kappa shape index (κ1) is 24.6. The second kappa shape index (κ2) is 10.5. The van der Waals surface area contributed by atoms with Crippen molar-refractivity contribution in [3.05, 3.63) is 75.9 Å². The van der Waals surface area contributed by atoms with Gasteiger partial charge in [-0.05, 0) is 98.3 Å². The number of pyridine rings is 1. The maximum atomic E-state index is 12.8. The minimum atomic E-state index is -0.208. The van der Waals surface area contributed by atoms with E-state index in [0.717, 1.165) is 67.2 Å². The van der Waals surface area contributed by atoms with E-state index in [0.29, 0.717) is 5.82 Å². The molecule has 0 spiro atoms. The number of nitrogens with zero attached hydrogens (tertiary/aromatic N) is 3. The predicted octanol–water partition coefficient (Wildman–Crippen LogP) is 5.45. The number of carbonyl (C=O) groups excluding carboxylic acids is 1. The molecule has 2 amide bonds. The number of aromatic nitrogens is 1. The van der Waals surface area contributed by atoms with E-state index in [9.17, 15) is 4.79 Å². The molecule has 1 aromatic heterocycles. The molecule has 0 radical (unpaired) electrons. The van der Waals surface area contributed by atoms with Crippen molar-refractivity contribution < 1.29 is 4.79 Å². The highest BCUT2D eigenvalue weighted by Gasteiger charge is 2.26. The van der Waals surface area contributed by atoms with Gasteiger partial charge in [-0.15, -0.1) is 0 Å². The van der Waals surface area contributed by atoms with Gasteiger partial charge in [-0.25, -0.2) is 9.78 Å². The molecular formula is C29H34ClN5O. The van der Waals surface area contributed by atoms with Gasteiger partial charge in [0.15, 0.2) is 0 Å². The van der Waals surface area contributed by atoms with E-state index < -0.39 is 0 Å². The summed E-state index contributed by atoms with van der Waals surface area (Å²) < 4.78 is 0. The summed E-state index contributed by atoms with van der Waals surface area (Å²) in [6, 6.07) is 14.0. The number of nitrogens with one attached hydrogen (secondary N) is 2. The van der Waals surface area contributed by atoms with Crippen LogP contribution in [0.25, 0.3) is 11.1 Å². The normalized spacial score (nSPS) is 18.0. The molecule has 2 N–H and O–H groups in total. The molecule has 0 bridgehead atoms. The Bertz CT molecular complexity index is 1250. The number of piperazine rings is 1. The number of urea groups is 1. The Kier molecular flexibility index (Phi) is 7.17. The van der Waals surface area contributed by atoms with E-state index in [4.69, 9.17) is 11.6 Å². The summed E-state index contributed by atoms with van der Waals surface area (Å²) in [5, 5.41) is 6.82. The molecule has 3 aromatic rings. The van der Waals surface area contributed by atoms with Crippen molar-refractivity contribution in [1.82, 2.24) is 15.2 Å². The van der Waals surface area contributed by atoms with Crippen molar-refractivity contribution in [3.63, 3.8) is 0 Å². The SMILES string of the molecule is Cc1cc(Cl)ccc1-c1ccc(NC(=O)N[C@H]2CCc3c(C)ccc(N4CCN(C)CC4)c3C2)nc1. The van der Waals surface area contributed by atoms with Crippen molar-refractivity contribution >= 4 is 29.1 Å². The number of carbonyl (C=O) groups is 1. The van der Waals surface area contributed by atoms with Crippen LogP contribution in [-0.4, -0.2) is 55.2 Å². The molecule has 2 aromatic carbocycles. The summed E-state index contributed by atoms with van der Waals surface area (Å²) >= 11 is 6.08. The largest absolute Gasteiger partial charge is 0.369 e. The van der Waals surface area contributed by atoms with Gasteiger partial charge in [0.2, 0.25) is 0 Å². The average molecular weight is 504 g/mol. The summed E-state index contributed by atoms with van der Waals surface area (Å²) in [5.74, 6) is 0.535. The Morgan fingerprint density at radius 3 is 2.53 bits per heavy atom. The lowest BCUT2D eigenvalue weighted by molar-refractivity contribution is 0.247. The lowest BCUT2D eigenvalue weighted by Gasteiger charge is -2.37. The van der Waals surface area contributed by atoms with Crippen LogP contribution in [0.1, 0.15) is 28.7 Å². The molecule has 0 unspecified atom stereocenters. The lowest BCUT2D eigenvalue weighted by Crippen LogP contribution is -2.46. The zero-order valence-electron chi connectivity index (χ0n) is 21.3. The number of rotatable bonds is 4. The van der Waals surface area contributed by atoms with Gasteiger partial charge >= 0.3 is 6.03 Å². The van der Waals surface area contributed by atoms with Crippen molar-refractivity contribution in [2.45, 2.75) is 39.2 Å². The maximum Gasteiger partial charge on any atom is 0.320 e. The Morgan fingerprint density at radius 2 is 1.81 bits per heavy atom. The summed E-state index contributed by atoms with van der Waals surface area (Å²) in [7, 11) is 2.18. The Labute approximate surface area is 218 Å². The van der Waals surface area contributed by atoms with Crippen LogP contribution in [-0.2, 0) is 12.8 Å². The second-order valence-electron chi connectivity index (χ2n) is 10.1. The third-order valence-electron chi connectivity index (χ3n) is 7.52. The fourth-order valence-electron chi connectivity index (χ4n) is 5.42. The first-order chi connectivity index (χ1) is 17.4. The van der Waals surface area contributed by atoms with Gasteiger partial charge in [0.25, 0.3) is 0 Å². The Morgan fingerprint density at radius 1 is 1.00 bits per heavy atom. The van der Waals surface area contributed by atoms with E-state index in [2.05, 4.69) is 51.5 Å². The van der Waals surface area contributed by atoms with Crippen LogP contribution in [0.4, 0.5) is 16.3 Å². The monoisotopic (exact) mass is 503 g/mol. The zero-order chi connectivity index (χ0) is 25.2. The van der Waals surface area contributed by atoms with Crippen molar-refractivity contribution in [1.29, 1.82) is 0 Å². The van der Waals surface area contributed by atoms with Gasteiger partial charge in [-0.1, -0.05) is 23.7 Å². The van der Waals surface area contributed by atoms with Crippen LogP contribution < -0.4 is 15.5 Å². The summed E-state index contributed by atoms with van der Waals surface area (Å²) in [6.07, 6.45) is 4.57. The van der Waals surface area contributed by atoms with Crippen LogP contribution in [0.15, 0.2) is 48.7 Å². The van der Waals surface area contributed by atoms with Gasteiger partial charge in [-0.2, -0.15) is 0 Å². The minimum Gasteiger partial charge on any atom is -0.369 e. The summed E-state index contributed by atoms with van der Waals surface area (Å²) in [4.78, 5) is 22.2. The molecule has 1 fully saturated rings. The molecule has 1 saturated heterocycles. The summed E-state index contributed by atoms with van der Waals surface area (Å²) in [5.41, 5.74) is 8.71. The van der Waals surface area contributed by atoms with Crippen LogP contribution >= 0.6 is 11.6 Å². The van der Waals surface area contributed by atoms with Crippen LogP contribution in [0, 0.1) is 13.8 Å². The Balaban J connectivity index is 1.24. The van der Waals surface area contributed by atoms with Crippen LogP contribution in [0.5, 0.6) is 0 Å². The van der Waals surface area contributed by atoms with E-state index in [-0.39, 0.29) is 12.1 Å². The Hall–Kier alpha value is -3.09. The first-order valence-corrected chi connectivity index (χ1v) is 13.1. The quantitative estimate of drug-likeness (QED) is 0.497. The zero-order valence-corrected chi connectivity index (χ0v) is 22.0. The standard InChI is InChI=1S/C29H34ClN5O/c1-19-4-10-27(35-14-12-34(3)13-15-35)26-17-23(7-9-25(19)26)32-29(36)33-28-11-5-21(18-31-28)24-8-6-22(30)16-20(24)2/h4-6,8,10-11,16,18,23H,7,9,12-15,17H2,1-3H3,(H2,31,32,33,36)/t23-/m0/s1. The number of fused-ring (bicyclic) bond motifs is 1. The number of aryl methyl sites for hydroxylation is 2. The fourth-order valence-corrected chi connectivity index (χ4v) is 5.65.